The van der Waals surface area contributed by atoms with Crippen LogP contribution in [-0.2, 0) is 4.79 Å². The van der Waals surface area contributed by atoms with E-state index in [1.165, 1.54) is 12.8 Å². The van der Waals surface area contributed by atoms with Gasteiger partial charge in [0.15, 0.2) is 0 Å². The first-order valence-corrected chi connectivity index (χ1v) is 6.76. The molecule has 1 aliphatic heterocycles. The highest BCUT2D eigenvalue weighted by Crippen LogP contribution is 2.22. The summed E-state index contributed by atoms with van der Waals surface area (Å²) in [7, 11) is 0. The molecule has 2 N–H and O–H groups in total. The van der Waals surface area contributed by atoms with Gasteiger partial charge in [-0.3, -0.25) is 4.79 Å². The van der Waals surface area contributed by atoms with Gasteiger partial charge in [-0.2, -0.15) is 0 Å². The number of aliphatic carboxylic acids is 1. The normalized spacial score (nSPS) is 27.9. The van der Waals surface area contributed by atoms with Crippen molar-refractivity contribution in [2.24, 2.45) is 5.92 Å². The quantitative estimate of drug-likeness (QED) is 0.742. The predicted octanol–water partition coefficient (Wildman–Crippen LogP) is 1.56. The second-order valence-electron chi connectivity index (χ2n) is 5.13. The maximum absolute atomic E-state index is 11.0. The van der Waals surface area contributed by atoms with Crippen molar-refractivity contribution in [2.75, 3.05) is 19.6 Å². The molecule has 0 spiro atoms. The smallest absolute Gasteiger partial charge is 0.320 e. The van der Waals surface area contributed by atoms with E-state index >= 15 is 0 Å². The van der Waals surface area contributed by atoms with Crippen LogP contribution in [0.15, 0.2) is 0 Å². The molecule has 17 heavy (non-hydrogen) atoms. The van der Waals surface area contributed by atoms with Gasteiger partial charge >= 0.3 is 5.97 Å². The Morgan fingerprint density at radius 3 is 2.82 bits per heavy atom. The minimum atomic E-state index is -0.732. The summed E-state index contributed by atoms with van der Waals surface area (Å²) in [4.78, 5) is 13.5. The van der Waals surface area contributed by atoms with Crippen LogP contribution in [0.2, 0.25) is 0 Å². The highest BCUT2D eigenvalue weighted by atomic mass is 16.4. The minimum Gasteiger partial charge on any atom is -0.480 e. The SMILES string of the molecule is CCNC(CCN1CCCC(C)C1C)C(=O)O. The lowest BCUT2D eigenvalue weighted by atomic mass is 9.92. The van der Waals surface area contributed by atoms with E-state index < -0.39 is 12.0 Å². The summed E-state index contributed by atoms with van der Waals surface area (Å²) in [5.74, 6) is -0.00396. The summed E-state index contributed by atoms with van der Waals surface area (Å²) in [6, 6.07) is 0.184. The Kier molecular flexibility index (Phi) is 5.92. The van der Waals surface area contributed by atoms with Crippen molar-refractivity contribution >= 4 is 5.97 Å². The van der Waals surface area contributed by atoms with E-state index in [4.69, 9.17) is 5.11 Å². The maximum Gasteiger partial charge on any atom is 0.320 e. The van der Waals surface area contributed by atoms with Crippen LogP contribution in [-0.4, -0.2) is 47.7 Å². The van der Waals surface area contributed by atoms with Crippen molar-refractivity contribution in [2.45, 2.75) is 52.1 Å². The van der Waals surface area contributed by atoms with Crippen molar-refractivity contribution in [3.63, 3.8) is 0 Å². The number of carbonyl (C=O) groups is 1. The Morgan fingerprint density at radius 2 is 2.24 bits per heavy atom. The molecule has 0 radical (unpaired) electrons. The van der Waals surface area contributed by atoms with Gasteiger partial charge in [-0.1, -0.05) is 13.8 Å². The van der Waals surface area contributed by atoms with Crippen molar-refractivity contribution in [1.29, 1.82) is 0 Å². The summed E-state index contributed by atoms with van der Waals surface area (Å²) in [6.45, 7) is 9.20. The van der Waals surface area contributed by atoms with Crippen LogP contribution >= 0.6 is 0 Å². The number of carboxylic acid groups (broad SMARTS) is 1. The molecule has 3 atom stereocenters. The van der Waals surface area contributed by atoms with E-state index in [-0.39, 0.29) is 0 Å². The number of likely N-dealkylation sites (tertiary alicyclic amines) is 1. The third kappa shape index (κ3) is 4.28. The number of hydrogen-bond donors (Lipinski definition) is 2. The second kappa shape index (κ2) is 6.97. The van der Waals surface area contributed by atoms with E-state index in [0.717, 1.165) is 19.0 Å². The third-order valence-electron chi connectivity index (χ3n) is 3.96. The van der Waals surface area contributed by atoms with Crippen molar-refractivity contribution in [1.82, 2.24) is 10.2 Å². The topological polar surface area (TPSA) is 52.6 Å². The zero-order valence-electron chi connectivity index (χ0n) is 11.3. The Bertz CT molecular complexity index is 246. The fourth-order valence-electron chi connectivity index (χ4n) is 2.59. The van der Waals surface area contributed by atoms with Crippen molar-refractivity contribution < 1.29 is 9.90 Å². The molecule has 1 heterocycles. The average molecular weight is 242 g/mol. The lowest BCUT2D eigenvalue weighted by Gasteiger charge is -2.38. The summed E-state index contributed by atoms with van der Waals surface area (Å²) >= 11 is 0. The van der Waals surface area contributed by atoms with Gasteiger partial charge < -0.3 is 15.3 Å². The molecule has 1 fully saturated rings. The molecular formula is C13H26N2O2. The highest BCUT2D eigenvalue weighted by Gasteiger charge is 2.25. The van der Waals surface area contributed by atoms with E-state index in [0.29, 0.717) is 19.0 Å². The van der Waals surface area contributed by atoms with Gasteiger partial charge in [0.1, 0.15) is 6.04 Å². The highest BCUT2D eigenvalue weighted by molar-refractivity contribution is 5.73. The summed E-state index contributed by atoms with van der Waals surface area (Å²) in [5.41, 5.74) is 0. The van der Waals surface area contributed by atoms with Crippen LogP contribution in [0.3, 0.4) is 0 Å². The molecule has 3 unspecified atom stereocenters. The lowest BCUT2D eigenvalue weighted by Crippen LogP contribution is -2.46. The average Bonchev–Trinajstić information content (AvgIpc) is 2.29. The Labute approximate surface area is 104 Å². The summed E-state index contributed by atoms with van der Waals surface area (Å²) < 4.78 is 0. The number of nitrogens with one attached hydrogen (secondary N) is 1. The zero-order chi connectivity index (χ0) is 12.8. The maximum atomic E-state index is 11.0. The van der Waals surface area contributed by atoms with Crippen molar-refractivity contribution in [3.8, 4) is 0 Å². The predicted molar refractivity (Wildman–Crippen MR) is 69.2 cm³/mol. The molecule has 0 aromatic rings. The third-order valence-corrected chi connectivity index (χ3v) is 3.96. The van der Waals surface area contributed by atoms with Crippen LogP contribution in [0.25, 0.3) is 0 Å². The minimum absolute atomic E-state index is 0.399. The molecule has 1 saturated heterocycles. The molecule has 1 aliphatic rings. The molecule has 0 saturated carbocycles. The van der Waals surface area contributed by atoms with Crippen LogP contribution < -0.4 is 5.32 Å². The molecule has 0 amide bonds. The second-order valence-corrected chi connectivity index (χ2v) is 5.13. The van der Waals surface area contributed by atoms with Crippen molar-refractivity contribution in [3.05, 3.63) is 0 Å². The number of nitrogens with zero attached hydrogens (tertiary/aromatic N) is 1. The summed E-state index contributed by atoms with van der Waals surface area (Å²) in [6.07, 6.45) is 3.23. The first-order valence-electron chi connectivity index (χ1n) is 6.76. The van der Waals surface area contributed by atoms with Crippen LogP contribution in [0.5, 0.6) is 0 Å². The Morgan fingerprint density at radius 1 is 1.53 bits per heavy atom. The van der Waals surface area contributed by atoms with Crippen LogP contribution in [0, 0.1) is 5.92 Å². The van der Waals surface area contributed by atoms with Gasteiger partial charge in [0.2, 0.25) is 0 Å². The first kappa shape index (κ1) is 14.5. The van der Waals surface area contributed by atoms with Gasteiger partial charge in [0.25, 0.3) is 0 Å². The van der Waals surface area contributed by atoms with Gasteiger partial charge in [-0.25, -0.2) is 0 Å². The lowest BCUT2D eigenvalue weighted by molar-refractivity contribution is -0.139. The number of piperidine rings is 1. The van der Waals surface area contributed by atoms with E-state index in [1.807, 2.05) is 6.92 Å². The molecule has 0 aromatic heterocycles. The number of rotatable bonds is 6. The van der Waals surface area contributed by atoms with Gasteiger partial charge in [0.05, 0.1) is 0 Å². The summed E-state index contributed by atoms with van der Waals surface area (Å²) in [5, 5.41) is 12.1. The molecule has 100 valence electrons. The molecule has 0 aromatic carbocycles. The van der Waals surface area contributed by atoms with Gasteiger partial charge in [-0.15, -0.1) is 0 Å². The molecule has 4 nitrogen and oxygen atoms in total. The molecule has 1 rings (SSSR count). The number of likely N-dealkylation sites (N-methyl/N-ethyl adjacent to an activating group) is 1. The first-order chi connectivity index (χ1) is 8.06. The Balaban J connectivity index is 2.39. The van der Waals surface area contributed by atoms with Gasteiger partial charge in [-0.05, 0) is 45.2 Å². The van der Waals surface area contributed by atoms with E-state index in [9.17, 15) is 4.79 Å². The largest absolute Gasteiger partial charge is 0.480 e. The van der Waals surface area contributed by atoms with E-state index in [2.05, 4.69) is 24.1 Å². The van der Waals surface area contributed by atoms with E-state index in [1.54, 1.807) is 0 Å². The molecular weight excluding hydrogens is 216 g/mol. The molecule has 4 heteroatoms. The molecule has 0 bridgehead atoms. The van der Waals surface area contributed by atoms with Crippen LogP contribution in [0.1, 0.15) is 40.0 Å². The fourth-order valence-corrected chi connectivity index (χ4v) is 2.59. The molecule has 0 aliphatic carbocycles. The Hall–Kier alpha value is -0.610. The van der Waals surface area contributed by atoms with Gasteiger partial charge in [0, 0.05) is 12.6 Å². The standard InChI is InChI=1S/C13H26N2O2/c1-4-14-12(13(16)17)7-9-15-8-5-6-10(2)11(15)3/h10-12,14H,4-9H2,1-3H3,(H,16,17). The monoisotopic (exact) mass is 242 g/mol. The fraction of sp³-hybridized carbons (Fsp3) is 0.923. The number of hydrogen-bond acceptors (Lipinski definition) is 3. The van der Waals surface area contributed by atoms with Crippen LogP contribution in [0.4, 0.5) is 0 Å². The number of carboxylic acids is 1. The zero-order valence-corrected chi connectivity index (χ0v) is 11.3.